The van der Waals surface area contributed by atoms with Gasteiger partial charge in [0.25, 0.3) is 0 Å². The Labute approximate surface area is 212 Å². The molecule has 0 fully saturated rings. The van der Waals surface area contributed by atoms with E-state index in [1.807, 2.05) is 0 Å². The summed E-state index contributed by atoms with van der Waals surface area (Å²) in [6, 6.07) is 0. The molecule has 0 bridgehead atoms. The van der Waals surface area contributed by atoms with E-state index in [0.29, 0.717) is 23.3 Å². The van der Waals surface area contributed by atoms with Crippen LogP contribution in [-0.4, -0.2) is 0 Å². The molecular formula is C33H55F. The molecule has 194 valence electrons. The number of halogens is 1. The normalized spacial score (nSPS) is 16.8. The van der Waals surface area contributed by atoms with Gasteiger partial charge in [-0.15, -0.1) is 0 Å². The second kappa shape index (κ2) is 16.9. The molecule has 5 unspecified atom stereocenters. The van der Waals surface area contributed by atoms with Crippen LogP contribution >= 0.6 is 0 Å². The number of allylic oxidation sites excluding steroid dienone is 8. The quantitative estimate of drug-likeness (QED) is 0.175. The van der Waals surface area contributed by atoms with Gasteiger partial charge in [-0.25, -0.2) is 4.39 Å². The first-order valence-electron chi connectivity index (χ1n) is 13.6. The van der Waals surface area contributed by atoms with Gasteiger partial charge in [-0.3, -0.25) is 0 Å². The van der Waals surface area contributed by atoms with E-state index in [-0.39, 0.29) is 17.7 Å². The predicted octanol–water partition coefficient (Wildman–Crippen LogP) is 11.2. The van der Waals surface area contributed by atoms with Crippen molar-refractivity contribution >= 4 is 0 Å². The maximum atomic E-state index is 14.8. The Morgan fingerprint density at radius 1 is 0.618 bits per heavy atom. The molecule has 34 heavy (non-hydrogen) atoms. The summed E-state index contributed by atoms with van der Waals surface area (Å²) in [6.07, 6.45) is 13.5. The number of rotatable bonds is 18. The van der Waals surface area contributed by atoms with Gasteiger partial charge >= 0.3 is 0 Å². The van der Waals surface area contributed by atoms with Gasteiger partial charge in [-0.1, -0.05) is 124 Å². The molecule has 0 aliphatic rings. The molecule has 0 spiro atoms. The lowest BCUT2D eigenvalue weighted by Gasteiger charge is -2.18. The van der Waals surface area contributed by atoms with E-state index < -0.39 is 0 Å². The third-order valence-electron chi connectivity index (χ3n) is 7.62. The average molecular weight is 471 g/mol. The topological polar surface area (TPSA) is 0 Å². The van der Waals surface area contributed by atoms with E-state index in [9.17, 15) is 4.39 Å². The second-order valence-corrected chi connectivity index (χ2v) is 11.3. The second-order valence-electron chi connectivity index (χ2n) is 11.3. The van der Waals surface area contributed by atoms with Gasteiger partial charge in [0.1, 0.15) is 5.83 Å². The van der Waals surface area contributed by atoms with Gasteiger partial charge in [0.05, 0.1) is 0 Å². The van der Waals surface area contributed by atoms with Crippen LogP contribution in [0.1, 0.15) is 100 Å². The van der Waals surface area contributed by atoms with Crippen LogP contribution in [0.25, 0.3) is 0 Å². The highest BCUT2D eigenvalue weighted by Crippen LogP contribution is 2.29. The monoisotopic (exact) mass is 470 g/mol. The average Bonchev–Trinajstić information content (AvgIpc) is 2.80. The molecule has 5 atom stereocenters. The number of hydrogen-bond donors (Lipinski definition) is 0. The zero-order valence-corrected chi connectivity index (χ0v) is 23.9. The molecule has 0 heterocycles. The zero-order valence-electron chi connectivity index (χ0n) is 23.9. The van der Waals surface area contributed by atoms with Crippen molar-refractivity contribution in [3.8, 4) is 0 Å². The van der Waals surface area contributed by atoms with Crippen LogP contribution in [-0.2, 0) is 0 Å². The Balaban J connectivity index is 4.66. The molecule has 1 heteroatoms. The van der Waals surface area contributed by atoms with Crippen molar-refractivity contribution in [2.24, 2.45) is 35.5 Å². The minimum atomic E-state index is -0.209. The van der Waals surface area contributed by atoms with E-state index in [4.69, 9.17) is 0 Å². The van der Waals surface area contributed by atoms with E-state index >= 15 is 0 Å². The van der Waals surface area contributed by atoms with Crippen molar-refractivity contribution in [2.75, 3.05) is 0 Å². The van der Waals surface area contributed by atoms with Gasteiger partial charge in [-0.05, 0) is 78.4 Å². The lowest BCUT2D eigenvalue weighted by atomic mass is 9.87. The molecule has 0 amide bonds. The minimum Gasteiger partial charge on any atom is -0.207 e. The van der Waals surface area contributed by atoms with Crippen LogP contribution < -0.4 is 0 Å². The summed E-state index contributed by atoms with van der Waals surface area (Å²) in [5.41, 5.74) is 3.75. The molecule has 0 aromatic heterocycles. The summed E-state index contributed by atoms with van der Waals surface area (Å²) in [7, 11) is 0. The lowest BCUT2D eigenvalue weighted by Crippen LogP contribution is -2.05. The van der Waals surface area contributed by atoms with Crippen LogP contribution in [0.4, 0.5) is 4.39 Å². The van der Waals surface area contributed by atoms with Gasteiger partial charge in [0.15, 0.2) is 0 Å². The molecule has 0 saturated carbocycles. The molecular weight excluding hydrogens is 415 g/mol. The summed E-state index contributed by atoms with van der Waals surface area (Å²) >= 11 is 0. The highest BCUT2D eigenvalue weighted by atomic mass is 19.1. The van der Waals surface area contributed by atoms with E-state index in [2.05, 4.69) is 93.9 Å². The summed E-state index contributed by atoms with van der Waals surface area (Å²) in [6.45, 7) is 34.4. The Hall–Kier alpha value is -1.63. The molecule has 0 nitrogen and oxygen atoms in total. The molecule has 0 saturated heterocycles. The van der Waals surface area contributed by atoms with Crippen molar-refractivity contribution in [3.63, 3.8) is 0 Å². The van der Waals surface area contributed by atoms with E-state index in [1.54, 1.807) is 6.08 Å². The van der Waals surface area contributed by atoms with Crippen molar-refractivity contribution in [1.29, 1.82) is 0 Å². The highest BCUT2D eigenvalue weighted by Gasteiger charge is 2.15. The van der Waals surface area contributed by atoms with Gasteiger partial charge in [-0.2, -0.15) is 0 Å². The molecule has 0 radical (unpaired) electrons. The first-order chi connectivity index (χ1) is 15.8. The summed E-state index contributed by atoms with van der Waals surface area (Å²) < 4.78 is 14.8. The van der Waals surface area contributed by atoms with Gasteiger partial charge in [0.2, 0.25) is 0 Å². The van der Waals surface area contributed by atoms with Gasteiger partial charge in [0, 0.05) is 0 Å². The van der Waals surface area contributed by atoms with E-state index in [1.165, 1.54) is 24.8 Å². The van der Waals surface area contributed by atoms with Crippen molar-refractivity contribution < 1.29 is 4.39 Å². The largest absolute Gasteiger partial charge is 0.207 e. The predicted molar refractivity (Wildman–Crippen MR) is 154 cm³/mol. The molecule has 0 aromatic carbocycles. The SMILES string of the molecule is C=C(/C=C\C(=C)C(C)CCC(C)C(=C)/C=C(/F)C(=C)C(C)CCC(C)CC)C(C)CCC(C)C. The fourth-order valence-electron chi connectivity index (χ4n) is 3.73. The molecule has 0 N–H and O–H groups in total. The molecule has 0 aliphatic carbocycles. The van der Waals surface area contributed by atoms with Crippen LogP contribution in [0.15, 0.2) is 72.7 Å². The highest BCUT2D eigenvalue weighted by molar-refractivity contribution is 5.32. The fourth-order valence-corrected chi connectivity index (χ4v) is 3.73. The summed E-state index contributed by atoms with van der Waals surface area (Å²) in [5.74, 6) is 2.44. The first kappa shape index (κ1) is 32.4. The van der Waals surface area contributed by atoms with Crippen LogP contribution in [0.2, 0.25) is 0 Å². The third-order valence-corrected chi connectivity index (χ3v) is 7.62. The Kier molecular flexibility index (Phi) is 16.1. The first-order valence-corrected chi connectivity index (χ1v) is 13.6. The van der Waals surface area contributed by atoms with Gasteiger partial charge < -0.3 is 0 Å². The van der Waals surface area contributed by atoms with Crippen LogP contribution in [0.5, 0.6) is 0 Å². The Morgan fingerprint density at radius 2 is 1.03 bits per heavy atom. The third kappa shape index (κ3) is 13.3. The molecule has 0 rings (SSSR count). The summed E-state index contributed by atoms with van der Waals surface area (Å²) in [5, 5.41) is 0. The van der Waals surface area contributed by atoms with E-state index in [0.717, 1.165) is 42.7 Å². The molecule has 0 aliphatic heterocycles. The van der Waals surface area contributed by atoms with Crippen molar-refractivity contribution in [2.45, 2.75) is 100 Å². The van der Waals surface area contributed by atoms with Crippen molar-refractivity contribution in [1.82, 2.24) is 0 Å². The fraction of sp³-hybridized carbons (Fsp3) is 0.636. The molecule has 0 aromatic rings. The van der Waals surface area contributed by atoms with Crippen LogP contribution in [0.3, 0.4) is 0 Å². The zero-order chi connectivity index (χ0) is 26.4. The van der Waals surface area contributed by atoms with Crippen LogP contribution in [0, 0.1) is 35.5 Å². The maximum absolute atomic E-state index is 14.8. The standard InChI is InChI=1S/C33H55F/c1-13-24(4)15-17-30(10)32(12)33(34)22-31(11)29(9)21-20-28(8)27(7)19-18-26(6)25(5)16-14-23(2)3/h18-19,22-25,28-30H,6-7,11-17,20-21H2,1-5,8-10H3/b19-18-,33-22+. The lowest BCUT2D eigenvalue weighted by molar-refractivity contribution is 0.444. The smallest absolute Gasteiger partial charge is 0.126 e. The Bertz CT molecular complexity index is 717. The summed E-state index contributed by atoms with van der Waals surface area (Å²) in [4.78, 5) is 0. The maximum Gasteiger partial charge on any atom is 0.126 e. The number of hydrogen-bond acceptors (Lipinski definition) is 0. The minimum absolute atomic E-state index is 0.159. The van der Waals surface area contributed by atoms with Crippen molar-refractivity contribution in [3.05, 3.63) is 72.7 Å². The Morgan fingerprint density at radius 3 is 1.47 bits per heavy atom.